The Morgan fingerprint density at radius 1 is 1.33 bits per heavy atom. The lowest BCUT2D eigenvalue weighted by atomic mass is 9.59. The Labute approximate surface area is 132 Å². The zero-order chi connectivity index (χ0) is 15.2. The minimum Gasteiger partial charge on any atom is -0.339 e. The molecule has 3 nitrogen and oxygen atoms in total. The van der Waals surface area contributed by atoms with Crippen LogP contribution in [0, 0.1) is 5.82 Å². The highest BCUT2D eigenvalue weighted by Crippen LogP contribution is 2.34. The van der Waals surface area contributed by atoms with Gasteiger partial charge in [0.25, 0.3) is 5.91 Å². The second-order valence-corrected chi connectivity index (χ2v) is 6.50. The van der Waals surface area contributed by atoms with Gasteiger partial charge in [-0.15, -0.1) is 0 Å². The molecule has 0 unspecified atom stereocenters. The molecule has 1 aliphatic heterocycles. The Morgan fingerprint density at radius 2 is 2.10 bits per heavy atom. The molecule has 7 heteroatoms. The smallest absolute Gasteiger partial charge is 0.255 e. The average molecular weight is 345 g/mol. The van der Waals surface area contributed by atoms with Crippen LogP contribution in [0.25, 0.3) is 0 Å². The van der Waals surface area contributed by atoms with Crippen LogP contribution in [-0.2, 0) is 11.9 Å². The molecule has 0 atom stereocenters. The lowest BCUT2D eigenvalue weighted by Crippen LogP contribution is -2.44. The Balaban J connectivity index is 1.99. The molecule has 1 aliphatic rings. The molecule has 2 heterocycles. The van der Waals surface area contributed by atoms with Crippen LogP contribution in [-0.4, -0.2) is 31.5 Å². The van der Waals surface area contributed by atoms with Crippen LogP contribution >= 0.6 is 15.9 Å². The van der Waals surface area contributed by atoms with Crippen molar-refractivity contribution >= 4 is 37.5 Å². The maximum atomic E-state index is 14.0. The van der Waals surface area contributed by atoms with E-state index in [-0.39, 0.29) is 18.3 Å². The highest BCUT2D eigenvalue weighted by Gasteiger charge is 2.43. The number of amides is 1. The summed E-state index contributed by atoms with van der Waals surface area (Å²) in [5.74, 6) is -0.428. The first kappa shape index (κ1) is 14.3. The summed E-state index contributed by atoms with van der Waals surface area (Å²) in [6, 6.07) is 8.39. The molecule has 1 aromatic heterocycles. The van der Waals surface area contributed by atoms with E-state index >= 15 is 0 Å². The van der Waals surface area contributed by atoms with Crippen molar-refractivity contribution in [3.63, 3.8) is 0 Å². The van der Waals surface area contributed by atoms with Crippen LogP contribution in [0.3, 0.4) is 0 Å². The van der Waals surface area contributed by atoms with Crippen LogP contribution in [0.4, 0.5) is 4.39 Å². The number of pyridine rings is 1. The van der Waals surface area contributed by atoms with Gasteiger partial charge in [0.05, 0.1) is 11.3 Å². The molecule has 0 saturated heterocycles. The van der Waals surface area contributed by atoms with Crippen molar-refractivity contribution in [1.82, 2.24) is 9.88 Å². The molecular weight excluding hydrogens is 333 g/mol. The summed E-state index contributed by atoms with van der Waals surface area (Å²) in [4.78, 5) is 18.5. The van der Waals surface area contributed by atoms with Gasteiger partial charge in [-0.1, -0.05) is 22.0 Å². The molecule has 0 bridgehead atoms. The molecule has 21 heavy (non-hydrogen) atoms. The van der Waals surface area contributed by atoms with Crippen LogP contribution in [0.15, 0.2) is 41.0 Å². The fraction of sp³-hybridized carbons (Fsp3) is 0.143. The minimum atomic E-state index is -0.548. The minimum absolute atomic E-state index is 0.106. The molecular formula is C14H12B2BrFN2O. The van der Waals surface area contributed by atoms with Gasteiger partial charge in [0.1, 0.15) is 21.5 Å². The predicted octanol–water partition coefficient (Wildman–Crippen LogP) is 1.02. The second kappa shape index (κ2) is 4.98. The number of halogens is 2. The van der Waals surface area contributed by atoms with E-state index in [0.29, 0.717) is 15.6 Å². The monoisotopic (exact) mass is 344 g/mol. The molecule has 0 N–H and O–H groups in total. The van der Waals surface area contributed by atoms with Gasteiger partial charge in [-0.2, -0.15) is 0 Å². The van der Waals surface area contributed by atoms with Gasteiger partial charge < -0.3 is 4.90 Å². The lowest BCUT2D eigenvalue weighted by molar-refractivity contribution is 0.0729. The first-order valence-electron chi connectivity index (χ1n) is 6.62. The van der Waals surface area contributed by atoms with Gasteiger partial charge >= 0.3 is 0 Å². The highest BCUT2D eigenvalue weighted by atomic mass is 79.9. The van der Waals surface area contributed by atoms with Gasteiger partial charge in [0.2, 0.25) is 0 Å². The van der Waals surface area contributed by atoms with Gasteiger partial charge in [-0.25, -0.2) is 4.39 Å². The molecule has 0 fully saturated rings. The maximum absolute atomic E-state index is 14.0. The summed E-state index contributed by atoms with van der Waals surface area (Å²) in [7, 11) is 3.86. The van der Waals surface area contributed by atoms with Crippen molar-refractivity contribution in [1.29, 1.82) is 0 Å². The summed E-state index contributed by atoms with van der Waals surface area (Å²) in [5.41, 5.74) is 1.83. The fourth-order valence-electron chi connectivity index (χ4n) is 2.68. The van der Waals surface area contributed by atoms with E-state index < -0.39 is 5.34 Å². The SMILES string of the molecule is BC1(B)c2ncccc2C(=O)N1Cc1ccc(Br)cc1F. The van der Waals surface area contributed by atoms with E-state index in [0.717, 1.165) is 5.69 Å². The predicted molar refractivity (Wildman–Crippen MR) is 87.0 cm³/mol. The quantitative estimate of drug-likeness (QED) is 0.762. The summed E-state index contributed by atoms with van der Waals surface area (Å²) < 4.78 is 14.7. The summed E-state index contributed by atoms with van der Waals surface area (Å²) in [5, 5.41) is -0.548. The van der Waals surface area contributed by atoms with Crippen molar-refractivity contribution in [2.24, 2.45) is 0 Å². The number of benzene rings is 1. The molecule has 2 aromatic rings. The van der Waals surface area contributed by atoms with Crippen LogP contribution in [0.5, 0.6) is 0 Å². The zero-order valence-electron chi connectivity index (χ0n) is 11.7. The average Bonchev–Trinajstić information content (AvgIpc) is 2.63. The summed E-state index contributed by atoms with van der Waals surface area (Å²) in [6.45, 7) is 0.224. The van der Waals surface area contributed by atoms with E-state index in [1.54, 1.807) is 35.4 Å². The fourth-order valence-corrected chi connectivity index (χ4v) is 3.02. The third kappa shape index (κ3) is 2.29. The van der Waals surface area contributed by atoms with Gasteiger partial charge in [-0.05, 0) is 24.3 Å². The molecule has 0 radical (unpaired) electrons. The Bertz CT molecular complexity index is 739. The van der Waals surface area contributed by atoms with E-state index in [1.807, 2.05) is 15.7 Å². The largest absolute Gasteiger partial charge is 0.339 e. The highest BCUT2D eigenvalue weighted by molar-refractivity contribution is 9.10. The van der Waals surface area contributed by atoms with Gasteiger partial charge in [0.15, 0.2) is 0 Å². The van der Waals surface area contributed by atoms with Gasteiger partial charge in [-0.3, -0.25) is 9.78 Å². The number of carbonyl (C=O) groups excluding carboxylic acids is 1. The van der Waals surface area contributed by atoms with Gasteiger partial charge in [0, 0.05) is 28.1 Å². The van der Waals surface area contributed by atoms with Crippen LogP contribution in [0.2, 0.25) is 0 Å². The van der Waals surface area contributed by atoms with Crippen LogP contribution < -0.4 is 0 Å². The van der Waals surface area contributed by atoms with Crippen molar-refractivity contribution in [2.45, 2.75) is 11.9 Å². The van der Waals surface area contributed by atoms with Crippen molar-refractivity contribution in [3.8, 4) is 0 Å². The Hall–Kier alpha value is -1.62. The number of rotatable bonds is 2. The van der Waals surface area contributed by atoms with Crippen LogP contribution in [0.1, 0.15) is 21.6 Å². The molecule has 0 spiro atoms. The number of nitrogens with zero attached hydrogens (tertiary/aromatic N) is 2. The molecule has 1 aromatic carbocycles. The molecule has 1 amide bonds. The summed E-state index contributed by atoms with van der Waals surface area (Å²) in [6.07, 6.45) is 1.68. The van der Waals surface area contributed by atoms with Crippen molar-refractivity contribution in [2.75, 3.05) is 0 Å². The summed E-state index contributed by atoms with van der Waals surface area (Å²) >= 11 is 3.24. The van der Waals surface area contributed by atoms with E-state index in [1.165, 1.54) is 6.07 Å². The number of hydrogen-bond donors (Lipinski definition) is 0. The normalized spacial score (nSPS) is 16.1. The van der Waals surface area contributed by atoms with Crippen molar-refractivity contribution < 1.29 is 9.18 Å². The Kier molecular flexibility index (Phi) is 3.40. The standard InChI is InChI=1S/C14H12B2BrFN2O/c15-14(16)12-10(2-1-5-19-12)13(21)20(14)7-8-3-4-9(17)6-11(8)18/h1-6H,7,15-16H2. The van der Waals surface area contributed by atoms with Crippen molar-refractivity contribution in [3.05, 3.63) is 63.6 Å². The second-order valence-electron chi connectivity index (χ2n) is 5.59. The number of hydrogen-bond acceptors (Lipinski definition) is 2. The topological polar surface area (TPSA) is 33.2 Å². The Morgan fingerprint density at radius 3 is 2.76 bits per heavy atom. The number of carbonyl (C=O) groups is 1. The van der Waals surface area contributed by atoms with E-state index in [9.17, 15) is 9.18 Å². The molecule has 104 valence electrons. The number of fused-ring (bicyclic) bond motifs is 1. The van der Waals surface area contributed by atoms with E-state index in [2.05, 4.69) is 20.9 Å². The number of aromatic nitrogens is 1. The first-order chi connectivity index (χ1) is 9.91. The maximum Gasteiger partial charge on any atom is 0.255 e. The molecule has 3 rings (SSSR count). The zero-order valence-corrected chi connectivity index (χ0v) is 13.3. The third-order valence-electron chi connectivity index (χ3n) is 3.88. The molecule has 0 saturated carbocycles. The molecule has 0 aliphatic carbocycles. The lowest BCUT2D eigenvalue weighted by Gasteiger charge is -2.32. The third-order valence-corrected chi connectivity index (χ3v) is 4.37. The first-order valence-corrected chi connectivity index (χ1v) is 7.42. The van der Waals surface area contributed by atoms with E-state index in [4.69, 9.17) is 0 Å².